The number of benzene rings is 2. The molecule has 1 aliphatic carbocycles. The van der Waals surface area contributed by atoms with Gasteiger partial charge in [-0.25, -0.2) is 36.3 Å². The minimum absolute atomic E-state index is 0.0454. The third-order valence-electron chi connectivity index (χ3n) is 8.06. The Kier molecular flexibility index (Phi) is 8.68. The van der Waals surface area contributed by atoms with Crippen LogP contribution in [-0.4, -0.2) is 37.8 Å². The summed E-state index contributed by atoms with van der Waals surface area (Å²) in [5.74, 6) is -11.4. The Labute approximate surface area is 271 Å². The molecule has 0 bridgehead atoms. The summed E-state index contributed by atoms with van der Waals surface area (Å²) >= 11 is 1.12. The van der Waals surface area contributed by atoms with Gasteiger partial charge in [-0.3, -0.25) is 14.3 Å². The van der Waals surface area contributed by atoms with Crippen LogP contribution in [0.1, 0.15) is 69.4 Å². The summed E-state index contributed by atoms with van der Waals surface area (Å²) < 4.78 is 115. The Morgan fingerprint density at radius 2 is 1.73 bits per heavy atom. The number of halogens is 8. The first kappa shape index (κ1) is 33.4. The zero-order chi connectivity index (χ0) is 34.5. The van der Waals surface area contributed by atoms with E-state index in [1.807, 2.05) is 0 Å². The summed E-state index contributed by atoms with van der Waals surface area (Å²) in [6.07, 6.45) is -3.65. The second kappa shape index (κ2) is 12.5. The van der Waals surface area contributed by atoms with Crippen molar-refractivity contribution in [1.29, 1.82) is 0 Å². The van der Waals surface area contributed by atoms with E-state index in [1.54, 1.807) is 24.5 Å². The highest BCUT2D eigenvalue weighted by Crippen LogP contribution is 2.52. The minimum atomic E-state index is -4.04. The summed E-state index contributed by atoms with van der Waals surface area (Å²) in [6, 6.07) is 6.30. The van der Waals surface area contributed by atoms with Gasteiger partial charge >= 0.3 is 0 Å². The van der Waals surface area contributed by atoms with Gasteiger partial charge in [-0.05, 0) is 47.6 Å². The molecule has 2 amide bonds. The second-order valence-corrected chi connectivity index (χ2v) is 12.1. The van der Waals surface area contributed by atoms with Crippen molar-refractivity contribution in [3.8, 4) is 11.1 Å². The predicted molar refractivity (Wildman–Crippen MR) is 156 cm³/mol. The molecule has 0 unspecified atom stereocenters. The second-order valence-electron chi connectivity index (χ2n) is 11.3. The van der Waals surface area contributed by atoms with E-state index in [2.05, 4.69) is 25.7 Å². The highest BCUT2D eigenvalue weighted by Gasteiger charge is 2.55. The molecule has 252 valence electrons. The number of aromatic nitrogens is 4. The molecule has 4 aromatic rings. The van der Waals surface area contributed by atoms with Crippen LogP contribution in [-0.2, 0) is 36.1 Å². The number of amides is 2. The minimum Gasteiger partial charge on any atom is -0.348 e. The van der Waals surface area contributed by atoms with Gasteiger partial charge in [0.25, 0.3) is 24.2 Å². The molecule has 17 heteroatoms. The van der Waals surface area contributed by atoms with Crippen LogP contribution in [0.2, 0.25) is 0 Å². The van der Waals surface area contributed by atoms with Crippen molar-refractivity contribution >= 4 is 23.6 Å². The largest absolute Gasteiger partial charge is 0.348 e. The third-order valence-corrected chi connectivity index (χ3v) is 8.62. The molecule has 2 aromatic carbocycles. The Balaban J connectivity index is 1.43. The van der Waals surface area contributed by atoms with E-state index >= 15 is 0 Å². The van der Waals surface area contributed by atoms with Crippen molar-refractivity contribution in [3.63, 3.8) is 0 Å². The van der Waals surface area contributed by atoms with Crippen molar-refractivity contribution in [2.45, 2.75) is 61.8 Å². The number of carbonyl (C=O) groups excluding carboxylic acids is 2. The maximum absolute atomic E-state index is 15.0. The first-order valence-corrected chi connectivity index (χ1v) is 15.6. The lowest BCUT2D eigenvalue weighted by Crippen LogP contribution is -2.37. The van der Waals surface area contributed by atoms with E-state index in [0.29, 0.717) is 29.3 Å². The normalized spacial score (nSPS) is 16.8. The van der Waals surface area contributed by atoms with Crippen LogP contribution in [0.15, 0.2) is 47.8 Å². The standard InChI is InChI=1S/C31H24F8N6O2S/c1-48-29-41-12-20(15-2-3-16-11-40-28(47)19(16)9-15)24(43-29)21(8-14-6-17(32)10-18(33)7-14)42-22(46)13-45-26-23(25(44-45)27(34)35)30(36,37)4-5-31(26,38)39/h2-3,6-7,9-10,12,21,27H,4-5,8,11,13H2,1H3,(H,40,47)(H,42,46)/t21-/m0/s1. The predicted octanol–water partition coefficient (Wildman–Crippen LogP) is 6.60. The van der Waals surface area contributed by atoms with Crippen LogP contribution >= 0.6 is 11.8 Å². The van der Waals surface area contributed by atoms with E-state index in [9.17, 15) is 44.7 Å². The molecule has 3 heterocycles. The van der Waals surface area contributed by atoms with Crippen LogP contribution in [0.3, 0.4) is 0 Å². The van der Waals surface area contributed by atoms with Gasteiger partial charge in [0, 0.05) is 42.8 Å². The molecule has 2 aliphatic rings. The monoisotopic (exact) mass is 696 g/mol. The van der Waals surface area contributed by atoms with Gasteiger partial charge < -0.3 is 10.6 Å². The maximum atomic E-state index is 15.0. The molecule has 2 aromatic heterocycles. The summed E-state index contributed by atoms with van der Waals surface area (Å²) in [5.41, 5.74) is -2.70. The lowest BCUT2D eigenvalue weighted by atomic mass is 9.89. The van der Waals surface area contributed by atoms with E-state index in [-0.39, 0.29) is 33.4 Å². The number of hydrogen-bond acceptors (Lipinski definition) is 6. The fourth-order valence-corrected chi connectivity index (χ4v) is 6.29. The van der Waals surface area contributed by atoms with Crippen LogP contribution in [0.5, 0.6) is 0 Å². The quantitative estimate of drug-likeness (QED) is 0.116. The third kappa shape index (κ3) is 6.34. The Hall–Kier alpha value is -4.54. The fourth-order valence-electron chi connectivity index (χ4n) is 5.94. The highest BCUT2D eigenvalue weighted by molar-refractivity contribution is 7.98. The Bertz CT molecular complexity index is 1910. The van der Waals surface area contributed by atoms with E-state index in [0.717, 1.165) is 29.5 Å². The lowest BCUT2D eigenvalue weighted by Gasteiger charge is -2.29. The zero-order valence-electron chi connectivity index (χ0n) is 24.8. The smallest absolute Gasteiger partial charge is 0.290 e. The molecule has 0 radical (unpaired) electrons. The van der Waals surface area contributed by atoms with Crippen LogP contribution in [0.4, 0.5) is 35.1 Å². The number of carbonyl (C=O) groups is 2. The molecule has 2 N–H and O–H groups in total. The Morgan fingerprint density at radius 1 is 1.02 bits per heavy atom. The Morgan fingerprint density at radius 3 is 2.42 bits per heavy atom. The average Bonchev–Trinajstić information content (AvgIpc) is 3.60. The highest BCUT2D eigenvalue weighted by atomic mass is 32.2. The van der Waals surface area contributed by atoms with Crippen molar-refractivity contribution < 1.29 is 44.7 Å². The summed E-state index contributed by atoms with van der Waals surface area (Å²) in [7, 11) is 0. The molecule has 0 saturated carbocycles. The SMILES string of the molecule is CSc1ncc(-c2ccc3c(c2)C(=O)NC3)c([C@H](Cc2cc(F)cc(F)c2)NC(=O)Cn2nc(C(F)F)c3c2C(F)(F)CCC3(F)F)n1. The summed E-state index contributed by atoms with van der Waals surface area (Å²) in [4.78, 5) is 34.7. The van der Waals surface area contributed by atoms with Crippen molar-refractivity contribution in [1.82, 2.24) is 30.4 Å². The average molecular weight is 697 g/mol. The molecular weight excluding hydrogens is 672 g/mol. The summed E-state index contributed by atoms with van der Waals surface area (Å²) in [6.45, 7) is -0.869. The first-order chi connectivity index (χ1) is 22.7. The number of hydrogen-bond donors (Lipinski definition) is 2. The first-order valence-electron chi connectivity index (χ1n) is 14.4. The molecule has 48 heavy (non-hydrogen) atoms. The van der Waals surface area contributed by atoms with Gasteiger partial charge in [0.05, 0.1) is 17.3 Å². The number of thioether (sulfide) groups is 1. The van der Waals surface area contributed by atoms with E-state index in [4.69, 9.17) is 0 Å². The van der Waals surface area contributed by atoms with Crippen molar-refractivity contribution in [2.24, 2.45) is 0 Å². The number of nitrogens with zero attached hydrogens (tertiary/aromatic N) is 4. The van der Waals surface area contributed by atoms with Crippen LogP contribution in [0.25, 0.3) is 11.1 Å². The van der Waals surface area contributed by atoms with Gasteiger partial charge in [-0.15, -0.1) is 0 Å². The van der Waals surface area contributed by atoms with Gasteiger partial charge in [-0.2, -0.15) is 13.9 Å². The fraction of sp³-hybridized carbons (Fsp3) is 0.323. The lowest BCUT2D eigenvalue weighted by molar-refractivity contribution is -0.123. The number of nitrogens with one attached hydrogen (secondary N) is 2. The molecule has 0 spiro atoms. The number of rotatable bonds is 9. The summed E-state index contributed by atoms with van der Waals surface area (Å²) in [5, 5.41) is 8.77. The number of fused-ring (bicyclic) bond motifs is 2. The molecule has 1 aliphatic heterocycles. The molecule has 0 saturated heterocycles. The van der Waals surface area contributed by atoms with Gasteiger partial charge in [0.15, 0.2) is 5.16 Å². The molecule has 8 nitrogen and oxygen atoms in total. The van der Waals surface area contributed by atoms with Gasteiger partial charge in [0.1, 0.15) is 29.6 Å². The van der Waals surface area contributed by atoms with Crippen molar-refractivity contribution in [3.05, 3.63) is 93.6 Å². The number of alkyl halides is 6. The molecular formula is C31H24F8N6O2S. The van der Waals surface area contributed by atoms with Gasteiger partial charge in [0.2, 0.25) is 5.91 Å². The topological polar surface area (TPSA) is 102 Å². The van der Waals surface area contributed by atoms with E-state index in [1.165, 1.54) is 6.20 Å². The molecule has 1 atom stereocenters. The van der Waals surface area contributed by atoms with Crippen molar-refractivity contribution in [2.75, 3.05) is 6.26 Å². The van der Waals surface area contributed by atoms with Crippen LogP contribution < -0.4 is 10.6 Å². The van der Waals surface area contributed by atoms with Gasteiger partial charge in [-0.1, -0.05) is 23.9 Å². The molecule has 0 fully saturated rings. The zero-order valence-corrected chi connectivity index (χ0v) is 25.6. The maximum Gasteiger partial charge on any atom is 0.290 e. The molecule has 6 rings (SSSR count). The van der Waals surface area contributed by atoms with E-state index < -0.39 is 78.2 Å². The van der Waals surface area contributed by atoms with Crippen LogP contribution in [0, 0.1) is 11.6 Å².